The van der Waals surface area contributed by atoms with Crippen LogP contribution in [0.15, 0.2) is 24.4 Å². The van der Waals surface area contributed by atoms with E-state index in [0.717, 1.165) is 31.9 Å². The molecule has 2 nitrogen and oxygen atoms in total. The average molecular weight is 208 g/mol. The summed E-state index contributed by atoms with van der Waals surface area (Å²) >= 11 is 0. The van der Waals surface area contributed by atoms with Crippen LogP contribution in [-0.2, 0) is 0 Å². The average Bonchev–Trinajstić information content (AvgIpc) is 2.17. The van der Waals surface area contributed by atoms with Crippen molar-refractivity contribution in [3.8, 4) is 0 Å². The van der Waals surface area contributed by atoms with Crippen LogP contribution in [0.25, 0.3) is 0 Å². The summed E-state index contributed by atoms with van der Waals surface area (Å²) in [5, 5.41) is 0. The normalized spacial score (nSPS) is 19.9. The molecule has 1 rings (SSSR count). The number of hydrogen-bond donors (Lipinski definition) is 0. The fraction of sp³-hybridized carbons (Fsp3) is 0.692. The molecule has 0 radical (unpaired) electrons. The van der Waals surface area contributed by atoms with Crippen LogP contribution < -0.4 is 0 Å². The number of allylic oxidation sites excluding steroid dienone is 2. The van der Waals surface area contributed by atoms with E-state index in [2.05, 4.69) is 49.3 Å². The summed E-state index contributed by atoms with van der Waals surface area (Å²) < 4.78 is 0. The summed E-state index contributed by atoms with van der Waals surface area (Å²) in [6, 6.07) is 0. The molecule has 0 bridgehead atoms. The first-order chi connectivity index (χ1) is 6.95. The molecule has 0 aromatic carbocycles. The van der Waals surface area contributed by atoms with Crippen LogP contribution in [0.2, 0.25) is 0 Å². The summed E-state index contributed by atoms with van der Waals surface area (Å²) in [4.78, 5) is 4.90. The van der Waals surface area contributed by atoms with Gasteiger partial charge in [0, 0.05) is 37.4 Å². The van der Waals surface area contributed by atoms with E-state index in [1.54, 1.807) is 0 Å². The summed E-state index contributed by atoms with van der Waals surface area (Å²) in [6.07, 6.45) is 4.14. The van der Waals surface area contributed by atoms with Gasteiger partial charge in [0.2, 0.25) is 0 Å². The van der Waals surface area contributed by atoms with Gasteiger partial charge in [-0.15, -0.1) is 0 Å². The zero-order chi connectivity index (χ0) is 11.5. The first kappa shape index (κ1) is 12.3. The smallest absolute Gasteiger partial charge is 0.0306 e. The fourth-order valence-corrected chi connectivity index (χ4v) is 1.96. The minimum Gasteiger partial charge on any atom is -0.369 e. The SMILES string of the molecule is C=C(/C=C\C)N1CCN(C(C)(C)C)CC1. The lowest BCUT2D eigenvalue weighted by Gasteiger charge is -2.43. The van der Waals surface area contributed by atoms with E-state index in [9.17, 15) is 0 Å². The molecule has 2 heteroatoms. The lowest BCUT2D eigenvalue weighted by Crippen LogP contribution is -2.52. The highest BCUT2D eigenvalue weighted by atomic mass is 15.3. The summed E-state index contributed by atoms with van der Waals surface area (Å²) in [5.74, 6) is 0. The molecule has 86 valence electrons. The Morgan fingerprint density at radius 2 is 1.67 bits per heavy atom. The first-order valence-electron chi connectivity index (χ1n) is 5.77. The van der Waals surface area contributed by atoms with Crippen molar-refractivity contribution >= 4 is 0 Å². The molecule has 0 N–H and O–H groups in total. The lowest BCUT2D eigenvalue weighted by atomic mass is 10.0. The van der Waals surface area contributed by atoms with Gasteiger partial charge in [-0.05, 0) is 33.8 Å². The predicted molar refractivity (Wildman–Crippen MR) is 66.9 cm³/mol. The second-order valence-corrected chi connectivity index (χ2v) is 5.14. The fourth-order valence-electron chi connectivity index (χ4n) is 1.96. The van der Waals surface area contributed by atoms with Gasteiger partial charge in [-0.2, -0.15) is 0 Å². The van der Waals surface area contributed by atoms with Gasteiger partial charge in [-0.3, -0.25) is 4.90 Å². The van der Waals surface area contributed by atoms with Crippen LogP contribution in [0.5, 0.6) is 0 Å². The third-order valence-electron chi connectivity index (χ3n) is 2.99. The van der Waals surface area contributed by atoms with Crippen molar-refractivity contribution < 1.29 is 0 Å². The van der Waals surface area contributed by atoms with Crippen LogP contribution in [0, 0.1) is 0 Å². The van der Waals surface area contributed by atoms with Crippen LogP contribution in [-0.4, -0.2) is 41.5 Å². The summed E-state index contributed by atoms with van der Waals surface area (Å²) in [7, 11) is 0. The third-order valence-corrected chi connectivity index (χ3v) is 2.99. The van der Waals surface area contributed by atoms with Crippen molar-refractivity contribution in [1.82, 2.24) is 9.80 Å². The maximum atomic E-state index is 4.08. The summed E-state index contributed by atoms with van der Waals surface area (Å²) in [6.45, 7) is 17.4. The van der Waals surface area contributed by atoms with Gasteiger partial charge in [-0.25, -0.2) is 0 Å². The molecule has 1 aliphatic heterocycles. The Balaban J connectivity index is 2.46. The van der Waals surface area contributed by atoms with Gasteiger partial charge in [-0.1, -0.05) is 12.7 Å². The molecule has 0 unspecified atom stereocenters. The Bertz CT molecular complexity index is 240. The molecule has 0 amide bonds. The molecule has 1 saturated heterocycles. The van der Waals surface area contributed by atoms with Crippen LogP contribution in [0.1, 0.15) is 27.7 Å². The Morgan fingerprint density at radius 1 is 1.13 bits per heavy atom. The lowest BCUT2D eigenvalue weighted by molar-refractivity contribution is 0.0780. The van der Waals surface area contributed by atoms with Crippen molar-refractivity contribution in [2.75, 3.05) is 26.2 Å². The van der Waals surface area contributed by atoms with Crippen LogP contribution in [0.3, 0.4) is 0 Å². The van der Waals surface area contributed by atoms with E-state index < -0.39 is 0 Å². The Kier molecular flexibility index (Phi) is 3.97. The number of hydrogen-bond acceptors (Lipinski definition) is 2. The number of rotatable bonds is 2. The molecule has 1 heterocycles. The maximum Gasteiger partial charge on any atom is 0.0306 e. The first-order valence-corrected chi connectivity index (χ1v) is 5.77. The van der Waals surface area contributed by atoms with Crippen molar-refractivity contribution in [3.63, 3.8) is 0 Å². The van der Waals surface area contributed by atoms with Gasteiger partial charge in [0.15, 0.2) is 0 Å². The highest BCUT2D eigenvalue weighted by Crippen LogP contribution is 2.17. The Labute approximate surface area is 94.3 Å². The van der Waals surface area contributed by atoms with Gasteiger partial charge in [0.1, 0.15) is 0 Å². The van der Waals surface area contributed by atoms with E-state index in [4.69, 9.17) is 0 Å². The molecule has 15 heavy (non-hydrogen) atoms. The largest absolute Gasteiger partial charge is 0.369 e. The molecule has 0 aliphatic carbocycles. The van der Waals surface area contributed by atoms with Crippen LogP contribution in [0.4, 0.5) is 0 Å². The Hall–Kier alpha value is -0.760. The topological polar surface area (TPSA) is 6.48 Å². The third kappa shape index (κ3) is 3.38. The Morgan fingerprint density at radius 3 is 2.07 bits per heavy atom. The highest BCUT2D eigenvalue weighted by molar-refractivity contribution is 5.13. The molecule has 1 aliphatic rings. The molecule has 1 fully saturated rings. The molecule has 0 spiro atoms. The zero-order valence-corrected chi connectivity index (χ0v) is 10.6. The van der Waals surface area contributed by atoms with Crippen molar-refractivity contribution in [1.29, 1.82) is 0 Å². The zero-order valence-electron chi connectivity index (χ0n) is 10.6. The standard InChI is InChI=1S/C13H24N2/c1-6-7-12(2)14-8-10-15(11-9-14)13(3,4)5/h6-7H,2,8-11H2,1,3-5H3/b7-6-. The molecular weight excluding hydrogens is 184 g/mol. The number of piperazine rings is 1. The van der Waals surface area contributed by atoms with E-state index >= 15 is 0 Å². The molecule has 0 aromatic heterocycles. The second kappa shape index (κ2) is 4.84. The molecule has 0 atom stereocenters. The number of nitrogens with zero attached hydrogens (tertiary/aromatic N) is 2. The maximum absolute atomic E-state index is 4.08. The van der Waals surface area contributed by atoms with Gasteiger partial charge in [0.05, 0.1) is 0 Å². The van der Waals surface area contributed by atoms with E-state index in [1.807, 2.05) is 6.92 Å². The van der Waals surface area contributed by atoms with Gasteiger partial charge < -0.3 is 4.90 Å². The minimum atomic E-state index is 0.300. The van der Waals surface area contributed by atoms with E-state index in [-0.39, 0.29) is 0 Å². The van der Waals surface area contributed by atoms with Crippen LogP contribution >= 0.6 is 0 Å². The van der Waals surface area contributed by atoms with Crippen molar-refractivity contribution in [2.45, 2.75) is 33.2 Å². The predicted octanol–water partition coefficient (Wildman–Crippen LogP) is 2.49. The van der Waals surface area contributed by atoms with Crippen molar-refractivity contribution in [2.24, 2.45) is 0 Å². The molecule has 0 aromatic rings. The van der Waals surface area contributed by atoms with Crippen molar-refractivity contribution in [3.05, 3.63) is 24.4 Å². The van der Waals surface area contributed by atoms with Gasteiger partial charge in [0.25, 0.3) is 0 Å². The monoisotopic (exact) mass is 208 g/mol. The minimum absolute atomic E-state index is 0.300. The van der Waals surface area contributed by atoms with Gasteiger partial charge >= 0.3 is 0 Å². The van der Waals surface area contributed by atoms with E-state index in [1.165, 1.54) is 0 Å². The van der Waals surface area contributed by atoms with E-state index in [0.29, 0.717) is 5.54 Å². The molecule has 0 saturated carbocycles. The summed E-state index contributed by atoms with van der Waals surface area (Å²) in [5.41, 5.74) is 1.44. The highest BCUT2D eigenvalue weighted by Gasteiger charge is 2.25. The quantitative estimate of drug-likeness (QED) is 0.643. The second-order valence-electron chi connectivity index (χ2n) is 5.14. The molecular formula is C13H24N2.